The van der Waals surface area contributed by atoms with Crippen LogP contribution < -0.4 is 0 Å². The fourth-order valence-corrected chi connectivity index (χ4v) is 6.93. The molecular formula is C21H33NO4. The Hall–Kier alpha value is -0.650. The first-order valence-electron chi connectivity index (χ1n) is 10.6. The third kappa shape index (κ3) is 2.65. The van der Waals surface area contributed by atoms with Gasteiger partial charge in [-0.05, 0) is 62.8 Å². The van der Waals surface area contributed by atoms with Crippen molar-refractivity contribution in [1.82, 2.24) is 4.90 Å². The third-order valence-corrected chi connectivity index (χ3v) is 8.37. The average molecular weight is 363 g/mol. The molecule has 5 aliphatic rings. The first-order chi connectivity index (χ1) is 12.5. The zero-order valence-electron chi connectivity index (χ0n) is 16.2. The molecule has 0 aromatic heterocycles. The van der Waals surface area contributed by atoms with E-state index in [1.165, 1.54) is 32.1 Å². The molecule has 0 bridgehead atoms. The minimum Gasteiger partial charge on any atom is -0.462 e. The van der Waals surface area contributed by atoms with Gasteiger partial charge in [-0.25, -0.2) is 0 Å². The Balaban J connectivity index is 1.34. The minimum atomic E-state index is 0.0414. The lowest BCUT2D eigenvalue weighted by molar-refractivity contribution is -0.147. The second-order valence-electron chi connectivity index (χ2n) is 9.85. The summed E-state index contributed by atoms with van der Waals surface area (Å²) in [5.41, 5.74) is 0.428. The number of methoxy groups -OCH3 is 1. The van der Waals surface area contributed by atoms with Gasteiger partial charge in [0.15, 0.2) is 0 Å². The maximum absolute atomic E-state index is 12.8. The quantitative estimate of drug-likeness (QED) is 0.568. The number of esters is 1. The van der Waals surface area contributed by atoms with Gasteiger partial charge in [-0.15, -0.1) is 0 Å². The van der Waals surface area contributed by atoms with E-state index in [-0.39, 0.29) is 29.0 Å². The number of ether oxygens (including phenoxy) is 3. The van der Waals surface area contributed by atoms with Crippen LogP contribution in [0.3, 0.4) is 0 Å². The molecule has 0 aromatic rings. The van der Waals surface area contributed by atoms with Crippen molar-refractivity contribution < 1.29 is 19.0 Å². The molecule has 5 heteroatoms. The van der Waals surface area contributed by atoms with Crippen molar-refractivity contribution in [3.63, 3.8) is 0 Å². The Labute approximate surface area is 156 Å². The van der Waals surface area contributed by atoms with E-state index < -0.39 is 0 Å². The fraction of sp³-hybridized carbons (Fsp3) is 0.952. The number of fused-ring (bicyclic) bond motifs is 3. The largest absolute Gasteiger partial charge is 0.462 e. The van der Waals surface area contributed by atoms with E-state index in [0.717, 1.165) is 39.1 Å². The molecule has 5 nitrogen and oxygen atoms in total. The Morgan fingerprint density at radius 2 is 2.15 bits per heavy atom. The Morgan fingerprint density at radius 1 is 1.31 bits per heavy atom. The van der Waals surface area contributed by atoms with Crippen molar-refractivity contribution >= 4 is 5.97 Å². The molecule has 7 atom stereocenters. The van der Waals surface area contributed by atoms with Gasteiger partial charge in [0.1, 0.15) is 6.10 Å². The van der Waals surface area contributed by atoms with Gasteiger partial charge >= 0.3 is 5.97 Å². The number of rotatable bonds is 4. The molecule has 1 spiro atoms. The number of hydrogen-bond donors (Lipinski definition) is 0. The van der Waals surface area contributed by atoms with Crippen LogP contribution >= 0.6 is 0 Å². The van der Waals surface area contributed by atoms with Gasteiger partial charge in [-0.2, -0.15) is 0 Å². The lowest BCUT2D eigenvalue weighted by atomic mass is 9.53. The van der Waals surface area contributed by atoms with E-state index in [4.69, 9.17) is 14.2 Å². The number of hydrogen-bond acceptors (Lipinski definition) is 5. The highest BCUT2D eigenvalue weighted by molar-refractivity contribution is 5.75. The number of carbonyl (C=O) groups excluding carboxylic acids is 1. The van der Waals surface area contributed by atoms with Crippen LogP contribution in [0, 0.1) is 23.2 Å². The molecule has 146 valence electrons. The summed E-state index contributed by atoms with van der Waals surface area (Å²) in [5, 5.41) is 0. The molecule has 3 saturated heterocycles. The molecule has 3 aliphatic heterocycles. The second kappa shape index (κ2) is 6.18. The van der Waals surface area contributed by atoms with Crippen LogP contribution in [0.5, 0.6) is 0 Å². The van der Waals surface area contributed by atoms with Crippen molar-refractivity contribution in [3.8, 4) is 0 Å². The first-order valence-corrected chi connectivity index (χ1v) is 10.6. The Kier molecular flexibility index (Phi) is 4.15. The third-order valence-electron chi connectivity index (χ3n) is 8.37. The highest BCUT2D eigenvalue weighted by Gasteiger charge is 2.65. The monoisotopic (exact) mass is 363 g/mol. The van der Waals surface area contributed by atoms with Crippen LogP contribution in [0.2, 0.25) is 0 Å². The molecule has 3 heterocycles. The second-order valence-corrected chi connectivity index (χ2v) is 9.85. The summed E-state index contributed by atoms with van der Waals surface area (Å²) in [7, 11) is 1.77. The van der Waals surface area contributed by atoms with Crippen molar-refractivity contribution in [3.05, 3.63) is 0 Å². The maximum atomic E-state index is 12.8. The lowest BCUT2D eigenvalue weighted by Gasteiger charge is -2.51. The lowest BCUT2D eigenvalue weighted by Crippen LogP contribution is -2.51. The van der Waals surface area contributed by atoms with Gasteiger partial charge in [-0.3, -0.25) is 9.69 Å². The SMILES string of the molecule is COC[C@@H]1CCCN1C[C@@H]1C(=O)O[C@@H]2C[C@@]3(C)CCC[C@]4(CO4)[C@@H]3C[C@H]12. The zero-order chi connectivity index (χ0) is 17.9. The van der Waals surface area contributed by atoms with Crippen LogP contribution in [0.15, 0.2) is 0 Å². The summed E-state index contributed by atoms with van der Waals surface area (Å²) < 4.78 is 17.4. The van der Waals surface area contributed by atoms with E-state index in [0.29, 0.717) is 17.9 Å². The summed E-state index contributed by atoms with van der Waals surface area (Å²) >= 11 is 0. The van der Waals surface area contributed by atoms with Crippen LogP contribution in [-0.2, 0) is 19.0 Å². The van der Waals surface area contributed by atoms with Crippen LogP contribution in [-0.4, -0.2) is 62.0 Å². The molecule has 0 radical (unpaired) electrons. The summed E-state index contributed by atoms with van der Waals surface area (Å²) in [4.78, 5) is 15.3. The minimum absolute atomic E-state index is 0.0414. The average Bonchev–Trinajstić information content (AvgIpc) is 3.12. The zero-order valence-corrected chi connectivity index (χ0v) is 16.2. The van der Waals surface area contributed by atoms with Gasteiger partial charge in [0.05, 0.1) is 24.7 Å². The van der Waals surface area contributed by atoms with Gasteiger partial charge in [0.25, 0.3) is 0 Å². The van der Waals surface area contributed by atoms with E-state index in [9.17, 15) is 4.79 Å². The van der Waals surface area contributed by atoms with E-state index >= 15 is 0 Å². The van der Waals surface area contributed by atoms with Gasteiger partial charge < -0.3 is 14.2 Å². The molecule has 2 aliphatic carbocycles. The van der Waals surface area contributed by atoms with E-state index in [1.54, 1.807) is 7.11 Å². The predicted molar refractivity (Wildman–Crippen MR) is 96.7 cm³/mol. The normalized spacial score (nSPS) is 50.5. The molecule has 0 amide bonds. The number of likely N-dealkylation sites (tertiary alicyclic amines) is 1. The van der Waals surface area contributed by atoms with Crippen molar-refractivity contribution in [1.29, 1.82) is 0 Å². The van der Waals surface area contributed by atoms with E-state index in [1.807, 2.05) is 0 Å². The van der Waals surface area contributed by atoms with Crippen molar-refractivity contribution in [2.24, 2.45) is 23.2 Å². The number of epoxide rings is 1. The van der Waals surface area contributed by atoms with Crippen molar-refractivity contribution in [2.75, 3.05) is 33.4 Å². The summed E-state index contributed by atoms with van der Waals surface area (Å²) in [6.07, 6.45) is 8.41. The van der Waals surface area contributed by atoms with Crippen LogP contribution in [0.4, 0.5) is 0 Å². The fourth-order valence-electron chi connectivity index (χ4n) is 6.93. The maximum Gasteiger partial charge on any atom is 0.310 e. The van der Waals surface area contributed by atoms with Crippen LogP contribution in [0.1, 0.15) is 51.9 Å². The molecule has 5 fully saturated rings. The highest BCUT2D eigenvalue weighted by atomic mass is 16.6. The standard InChI is InChI=1S/C21H33NO4/c1-20-6-4-7-21(13-25-21)18(20)9-15-16(19(23)26-17(15)10-20)11-22-8-3-5-14(22)12-24-2/h14-18H,3-13H2,1-2H3/t14-,15+,16-,17+,18+,20+,21-/m0/s1. The number of carbonyl (C=O) groups is 1. The van der Waals surface area contributed by atoms with Gasteiger partial charge in [0, 0.05) is 25.6 Å². The summed E-state index contributed by atoms with van der Waals surface area (Å²) in [6.45, 7) is 6.07. The highest BCUT2D eigenvalue weighted by Crippen LogP contribution is 2.62. The van der Waals surface area contributed by atoms with Gasteiger partial charge in [-0.1, -0.05) is 6.92 Å². The first kappa shape index (κ1) is 17.4. The molecular weight excluding hydrogens is 330 g/mol. The molecule has 26 heavy (non-hydrogen) atoms. The smallest absolute Gasteiger partial charge is 0.310 e. The number of nitrogens with zero attached hydrogens (tertiary/aromatic N) is 1. The van der Waals surface area contributed by atoms with Crippen molar-refractivity contribution in [2.45, 2.75) is 69.6 Å². The van der Waals surface area contributed by atoms with E-state index in [2.05, 4.69) is 11.8 Å². The summed E-state index contributed by atoms with van der Waals surface area (Å²) in [5.74, 6) is 1.08. The van der Waals surface area contributed by atoms with Crippen LogP contribution in [0.25, 0.3) is 0 Å². The Morgan fingerprint density at radius 3 is 2.92 bits per heavy atom. The summed E-state index contributed by atoms with van der Waals surface area (Å²) in [6, 6.07) is 0.466. The molecule has 0 N–H and O–H groups in total. The molecule has 0 unspecified atom stereocenters. The predicted octanol–water partition coefficient (Wildman–Crippen LogP) is 2.62. The van der Waals surface area contributed by atoms with Gasteiger partial charge in [0.2, 0.25) is 0 Å². The molecule has 2 saturated carbocycles. The molecule has 5 rings (SSSR count). The Bertz CT molecular complexity index is 576. The molecule has 0 aromatic carbocycles. The topological polar surface area (TPSA) is 51.3 Å².